The summed E-state index contributed by atoms with van der Waals surface area (Å²) in [7, 11) is -2.51. The van der Waals surface area contributed by atoms with Crippen LogP contribution in [0.5, 0.6) is 0 Å². The van der Waals surface area contributed by atoms with E-state index in [1.165, 1.54) is 0 Å². The van der Waals surface area contributed by atoms with Crippen molar-refractivity contribution in [1.82, 2.24) is 0 Å². The predicted molar refractivity (Wildman–Crippen MR) is 50.8 cm³/mol. The molecule has 1 rings (SSSR count). The molecule has 1 N–H and O–H groups in total. The average molecular weight is 183 g/mol. The quantitative estimate of drug-likeness (QED) is 0.751. The van der Waals surface area contributed by atoms with Crippen molar-refractivity contribution in [3.63, 3.8) is 0 Å². The summed E-state index contributed by atoms with van der Waals surface area (Å²) in [5.41, 5.74) is 1.13. The van der Waals surface area contributed by atoms with Gasteiger partial charge < -0.3 is 0 Å². The summed E-state index contributed by atoms with van der Waals surface area (Å²) in [4.78, 5) is 0.635. The highest BCUT2D eigenvalue weighted by atomic mass is 32.2. The highest BCUT2D eigenvalue weighted by Gasteiger charge is 2.05. The van der Waals surface area contributed by atoms with Gasteiger partial charge >= 0.3 is 0 Å². The standard InChI is InChI=1S/C9H13NOS/c1-3-12(10,11)9-6-4-8(2)5-7-9/h4-7,10H,3H2,1-2H3. The van der Waals surface area contributed by atoms with Crippen LogP contribution in [0.3, 0.4) is 0 Å². The van der Waals surface area contributed by atoms with Crippen LogP contribution in [0, 0.1) is 11.7 Å². The number of rotatable bonds is 2. The molecule has 66 valence electrons. The van der Waals surface area contributed by atoms with Gasteiger partial charge in [0.05, 0.1) is 9.73 Å². The summed E-state index contributed by atoms with van der Waals surface area (Å²) < 4.78 is 19.0. The Morgan fingerprint density at radius 3 is 2.25 bits per heavy atom. The van der Waals surface area contributed by atoms with Crippen LogP contribution in [0.1, 0.15) is 12.5 Å². The van der Waals surface area contributed by atoms with Gasteiger partial charge in [0.25, 0.3) is 0 Å². The van der Waals surface area contributed by atoms with Gasteiger partial charge in [-0.05, 0) is 19.1 Å². The van der Waals surface area contributed by atoms with Gasteiger partial charge in [-0.2, -0.15) is 0 Å². The molecule has 0 saturated heterocycles. The molecule has 0 aliphatic heterocycles. The predicted octanol–water partition coefficient (Wildman–Crippen LogP) is 2.42. The molecular weight excluding hydrogens is 170 g/mol. The molecule has 0 spiro atoms. The monoisotopic (exact) mass is 183 g/mol. The average Bonchev–Trinajstić information content (AvgIpc) is 2.05. The minimum atomic E-state index is -2.51. The number of aryl methyl sites for hydroxylation is 1. The topological polar surface area (TPSA) is 40.9 Å². The van der Waals surface area contributed by atoms with Gasteiger partial charge in [-0.3, -0.25) is 0 Å². The Labute approximate surface area is 73.6 Å². The minimum Gasteiger partial charge on any atom is -0.249 e. The van der Waals surface area contributed by atoms with Gasteiger partial charge in [0, 0.05) is 10.6 Å². The van der Waals surface area contributed by atoms with E-state index in [1.807, 2.05) is 19.1 Å². The normalized spacial score (nSPS) is 15.5. The van der Waals surface area contributed by atoms with Crippen LogP contribution in [0.4, 0.5) is 0 Å². The Morgan fingerprint density at radius 2 is 1.83 bits per heavy atom. The maximum Gasteiger partial charge on any atom is 0.0723 e. The maximum absolute atomic E-state index is 11.5. The van der Waals surface area contributed by atoms with Gasteiger partial charge in [-0.1, -0.05) is 24.6 Å². The van der Waals surface area contributed by atoms with Crippen molar-refractivity contribution >= 4 is 9.73 Å². The summed E-state index contributed by atoms with van der Waals surface area (Å²) in [6.07, 6.45) is 0. The molecule has 0 heterocycles. The Morgan fingerprint density at radius 1 is 1.33 bits per heavy atom. The second-order valence-electron chi connectivity index (χ2n) is 2.78. The zero-order valence-electron chi connectivity index (χ0n) is 7.33. The van der Waals surface area contributed by atoms with E-state index in [0.29, 0.717) is 10.6 Å². The van der Waals surface area contributed by atoms with Crippen molar-refractivity contribution in [3.8, 4) is 0 Å². The van der Waals surface area contributed by atoms with Crippen LogP contribution in [0.15, 0.2) is 29.2 Å². The molecular formula is C9H13NOS. The van der Waals surface area contributed by atoms with Gasteiger partial charge in [-0.25, -0.2) is 8.99 Å². The first kappa shape index (κ1) is 9.26. The van der Waals surface area contributed by atoms with Crippen molar-refractivity contribution < 1.29 is 4.21 Å². The first-order valence-corrected chi connectivity index (χ1v) is 5.62. The molecule has 12 heavy (non-hydrogen) atoms. The lowest BCUT2D eigenvalue weighted by molar-refractivity contribution is 0.675. The Balaban J connectivity index is 3.14. The highest BCUT2D eigenvalue weighted by Crippen LogP contribution is 2.12. The van der Waals surface area contributed by atoms with Crippen LogP contribution < -0.4 is 0 Å². The van der Waals surface area contributed by atoms with E-state index in [1.54, 1.807) is 19.1 Å². The lowest BCUT2D eigenvalue weighted by Crippen LogP contribution is -2.00. The molecule has 1 aromatic rings. The van der Waals surface area contributed by atoms with Crippen molar-refractivity contribution in [2.45, 2.75) is 18.7 Å². The molecule has 0 aliphatic carbocycles. The fraction of sp³-hybridized carbons (Fsp3) is 0.333. The molecule has 0 amide bonds. The molecule has 0 saturated carbocycles. The fourth-order valence-electron chi connectivity index (χ4n) is 0.925. The van der Waals surface area contributed by atoms with E-state index < -0.39 is 9.73 Å². The van der Waals surface area contributed by atoms with E-state index in [2.05, 4.69) is 0 Å². The Bertz CT molecular complexity index is 351. The molecule has 0 fully saturated rings. The largest absolute Gasteiger partial charge is 0.249 e. The molecule has 1 unspecified atom stereocenters. The third-order valence-corrected chi connectivity index (χ3v) is 3.65. The second-order valence-corrected chi connectivity index (χ2v) is 5.18. The molecule has 2 nitrogen and oxygen atoms in total. The van der Waals surface area contributed by atoms with Crippen molar-refractivity contribution in [2.24, 2.45) is 0 Å². The number of benzene rings is 1. The van der Waals surface area contributed by atoms with Crippen LogP contribution in [0.25, 0.3) is 0 Å². The van der Waals surface area contributed by atoms with E-state index in [-0.39, 0.29) is 0 Å². The summed E-state index contributed by atoms with van der Waals surface area (Å²) in [6, 6.07) is 7.32. The molecule has 1 aromatic carbocycles. The van der Waals surface area contributed by atoms with E-state index in [0.717, 1.165) is 5.56 Å². The Hall–Kier alpha value is -0.830. The highest BCUT2D eigenvalue weighted by molar-refractivity contribution is 7.92. The van der Waals surface area contributed by atoms with Crippen LogP contribution in [-0.4, -0.2) is 9.96 Å². The maximum atomic E-state index is 11.5. The van der Waals surface area contributed by atoms with Gasteiger partial charge in [0.1, 0.15) is 0 Å². The summed E-state index contributed by atoms with van der Waals surface area (Å²) in [6.45, 7) is 3.75. The molecule has 0 radical (unpaired) electrons. The van der Waals surface area contributed by atoms with E-state index in [9.17, 15) is 4.21 Å². The van der Waals surface area contributed by atoms with Crippen molar-refractivity contribution in [1.29, 1.82) is 4.78 Å². The van der Waals surface area contributed by atoms with Crippen molar-refractivity contribution in [2.75, 3.05) is 5.75 Å². The SMILES string of the molecule is CCS(=N)(=O)c1ccc(C)cc1. The molecule has 0 bridgehead atoms. The first-order chi connectivity index (χ1) is 5.56. The summed E-state index contributed by atoms with van der Waals surface area (Å²) in [5.74, 6) is 0.385. The summed E-state index contributed by atoms with van der Waals surface area (Å²) >= 11 is 0. The van der Waals surface area contributed by atoms with E-state index in [4.69, 9.17) is 4.78 Å². The summed E-state index contributed by atoms with van der Waals surface area (Å²) in [5, 5.41) is 0. The molecule has 0 aromatic heterocycles. The van der Waals surface area contributed by atoms with Gasteiger partial charge in [-0.15, -0.1) is 0 Å². The Kier molecular flexibility index (Phi) is 2.52. The number of hydrogen-bond donors (Lipinski definition) is 1. The zero-order chi connectivity index (χ0) is 9.19. The smallest absolute Gasteiger partial charge is 0.0723 e. The molecule has 1 atom stereocenters. The van der Waals surface area contributed by atoms with Gasteiger partial charge in [0.2, 0.25) is 0 Å². The second kappa shape index (κ2) is 3.27. The van der Waals surface area contributed by atoms with Crippen LogP contribution in [0.2, 0.25) is 0 Å². The third kappa shape index (κ3) is 1.85. The lowest BCUT2D eigenvalue weighted by Gasteiger charge is -2.03. The number of hydrogen-bond acceptors (Lipinski definition) is 2. The zero-order valence-corrected chi connectivity index (χ0v) is 8.15. The van der Waals surface area contributed by atoms with E-state index >= 15 is 0 Å². The van der Waals surface area contributed by atoms with Crippen LogP contribution >= 0.6 is 0 Å². The molecule has 3 heteroatoms. The molecule has 0 aliphatic rings. The minimum absolute atomic E-state index is 0.385. The van der Waals surface area contributed by atoms with Gasteiger partial charge in [0.15, 0.2) is 0 Å². The van der Waals surface area contributed by atoms with Crippen molar-refractivity contribution in [3.05, 3.63) is 29.8 Å². The number of nitrogens with one attached hydrogen (secondary N) is 1. The van der Waals surface area contributed by atoms with Crippen LogP contribution in [-0.2, 0) is 9.73 Å². The fourth-order valence-corrected chi connectivity index (χ4v) is 1.83. The third-order valence-electron chi connectivity index (χ3n) is 1.81. The first-order valence-electron chi connectivity index (χ1n) is 3.89. The lowest BCUT2D eigenvalue weighted by atomic mass is 10.2.